The van der Waals surface area contributed by atoms with Gasteiger partial charge in [-0.1, -0.05) is 18.2 Å². The molecular weight excluding hydrogens is 396 g/mol. The fourth-order valence-corrected chi connectivity index (χ4v) is 4.17. The molecule has 9 nitrogen and oxygen atoms in total. The van der Waals surface area contributed by atoms with Crippen molar-refractivity contribution in [1.29, 1.82) is 0 Å². The van der Waals surface area contributed by atoms with Gasteiger partial charge in [-0.15, -0.1) is 11.3 Å². The van der Waals surface area contributed by atoms with E-state index in [0.29, 0.717) is 24.3 Å². The molecule has 1 fully saturated rings. The number of hydrogen-bond donors (Lipinski definition) is 4. The number of hydrogen-bond acceptors (Lipinski definition) is 6. The second kappa shape index (κ2) is 8.93. The molecule has 0 radical (unpaired) electrons. The van der Waals surface area contributed by atoms with Crippen LogP contribution >= 0.6 is 11.3 Å². The molecule has 1 aliphatic heterocycles. The van der Waals surface area contributed by atoms with Crippen molar-refractivity contribution in [3.05, 3.63) is 40.8 Å². The van der Waals surface area contributed by atoms with Gasteiger partial charge < -0.3 is 31.5 Å². The molecule has 6 N–H and O–H groups in total. The van der Waals surface area contributed by atoms with Crippen molar-refractivity contribution in [3.63, 3.8) is 0 Å². The summed E-state index contributed by atoms with van der Waals surface area (Å²) in [4.78, 5) is 37.9. The quantitative estimate of drug-likeness (QED) is 0.549. The van der Waals surface area contributed by atoms with Crippen LogP contribution in [0.25, 0.3) is 10.4 Å². The lowest BCUT2D eigenvalue weighted by atomic mass is 10.1. The number of benzene rings is 1. The Labute approximate surface area is 171 Å². The standard InChI is InChI=1S/C19H22N4O5S/c20-18(26)22-14-8-15(12-4-1-3-11(7-12)10-24)29-16(14)17(25)28-13-5-2-6-23(9-13)19(21)27/h1,3-4,7-8,13,24H,2,5-6,9-10H2,(H2,21,27)(H3,20,22,26). The van der Waals surface area contributed by atoms with E-state index in [1.165, 1.54) is 4.90 Å². The number of likely N-dealkylation sites (tertiary alicyclic amines) is 1. The van der Waals surface area contributed by atoms with Crippen molar-refractivity contribution in [2.45, 2.75) is 25.6 Å². The van der Waals surface area contributed by atoms with Gasteiger partial charge in [0.25, 0.3) is 0 Å². The molecule has 154 valence electrons. The number of rotatable bonds is 5. The van der Waals surface area contributed by atoms with Crippen LogP contribution in [0.3, 0.4) is 0 Å². The van der Waals surface area contributed by atoms with Crippen LogP contribution < -0.4 is 16.8 Å². The molecule has 10 heteroatoms. The lowest BCUT2D eigenvalue weighted by Gasteiger charge is -2.31. The van der Waals surface area contributed by atoms with Crippen LogP contribution in [0.15, 0.2) is 30.3 Å². The third-order valence-electron chi connectivity index (χ3n) is 4.53. The van der Waals surface area contributed by atoms with Gasteiger partial charge in [-0.05, 0) is 36.1 Å². The maximum absolute atomic E-state index is 12.8. The van der Waals surface area contributed by atoms with Gasteiger partial charge in [0, 0.05) is 11.4 Å². The van der Waals surface area contributed by atoms with E-state index in [4.69, 9.17) is 16.2 Å². The Bertz CT molecular complexity index is 929. The maximum Gasteiger partial charge on any atom is 0.350 e. The fraction of sp³-hybridized carbons (Fsp3) is 0.316. The summed E-state index contributed by atoms with van der Waals surface area (Å²) < 4.78 is 5.56. The number of esters is 1. The molecule has 3 rings (SSSR count). The zero-order valence-corrected chi connectivity index (χ0v) is 16.4. The number of aliphatic hydroxyl groups excluding tert-OH is 1. The van der Waals surface area contributed by atoms with Gasteiger partial charge in [0.05, 0.1) is 18.8 Å². The van der Waals surface area contributed by atoms with E-state index in [0.717, 1.165) is 22.5 Å². The molecule has 1 unspecified atom stereocenters. The summed E-state index contributed by atoms with van der Waals surface area (Å²) in [5, 5.41) is 11.8. The Morgan fingerprint density at radius 1 is 1.28 bits per heavy atom. The van der Waals surface area contributed by atoms with Gasteiger partial charge in [-0.2, -0.15) is 0 Å². The smallest absolute Gasteiger partial charge is 0.350 e. The van der Waals surface area contributed by atoms with Crippen LogP contribution in [0.1, 0.15) is 28.1 Å². The van der Waals surface area contributed by atoms with Crippen LogP contribution in [0, 0.1) is 0 Å². The van der Waals surface area contributed by atoms with Crippen molar-refractivity contribution in [3.8, 4) is 10.4 Å². The van der Waals surface area contributed by atoms with E-state index in [1.54, 1.807) is 24.3 Å². The maximum atomic E-state index is 12.8. The zero-order chi connectivity index (χ0) is 21.0. The van der Waals surface area contributed by atoms with Crippen LogP contribution in [-0.4, -0.2) is 47.2 Å². The molecule has 0 bridgehead atoms. The van der Waals surface area contributed by atoms with Crippen molar-refractivity contribution >= 4 is 35.1 Å². The lowest BCUT2D eigenvalue weighted by Crippen LogP contribution is -2.46. The van der Waals surface area contributed by atoms with Crippen LogP contribution in [0.2, 0.25) is 0 Å². The monoisotopic (exact) mass is 418 g/mol. The zero-order valence-electron chi connectivity index (χ0n) is 15.6. The molecule has 1 aliphatic rings. The molecule has 4 amide bonds. The van der Waals surface area contributed by atoms with Crippen molar-refractivity contribution in [2.24, 2.45) is 11.5 Å². The highest BCUT2D eigenvalue weighted by Crippen LogP contribution is 2.36. The fourth-order valence-electron chi connectivity index (χ4n) is 3.17. The van der Waals surface area contributed by atoms with E-state index in [9.17, 15) is 19.5 Å². The number of piperidine rings is 1. The van der Waals surface area contributed by atoms with Crippen LogP contribution in [0.5, 0.6) is 0 Å². The predicted molar refractivity (Wildman–Crippen MR) is 108 cm³/mol. The minimum absolute atomic E-state index is 0.113. The number of carbonyl (C=O) groups excluding carboxylic acids is 3. The van der Waals surface area contributed by atoms with Gasteiger partial charge in [0.15, 0.2) is 0 Å². The first-order valence-corrected chi connectivity index (χ1v) is 9.85. The third-order valence-corrected chi connectivity index (χ3v) is 5.70. The number of carbonyl (C=O) groups is 3. The topological polar surface area (TPSA) is 148 Å². The normalized spacial score (nSPS) is 16.3. The van der Waals surface area contributed by atoms with E-state index in [2.05, 4.69) is 5.32 Å². The molecule has 1 saturated heterocycles. The number of amides is 4. The molecular formula is C19H22N4O5S. The number of aliphatic hydroxyl groups is 1. The van der Waals surface area contributed by atoms with Gasteiger partial charge in [-0.25, -0.2) is 14.4 Å². The summed E-state index contributed by atoms with van der Waals surface area (Å²) in [6, 6.07) is 7.48. The molecule has 2 aromatic rings. The second-order valence-electron chi connectivity index (χ2n) is 6.65. The second-order valence-corrected chi connectivity index (χ2v) is 7.71. The molecule has 2 heterocycles. The number of ether oxygens (including phenoxy) is 1. The van der Waals surface area contributed by atoms with Crippen LogP contribution in [0.4, 0.5) is 15.3 Å². The summed E-state index contributed by atoms with van der Waals surface area (Å²) in [5.41, 5.74) is 12.3. The Balaban J connectivity index is 1.84. The Kier molecular flexibility index (Phi) is 6.35. The summed E-state index contributed by atoms with van der Waals surface area (Å²) in [7, 11) is 0. The Hall–Kier alpha value is -3.11. The first kappa shape index (κ1) is 20.6. The Morgan fingerprint density at radius 3 is 2.76 bits per heavy atom. The molecule has 1 aromatic carbocycles. The lowest BCUT2D eigenvalue weighted by molar-refractivity contribution is 0.0134. The molecule has 0 spiro atoms. The van der Waals surface area contributed by atoms with Gasteiger partial charge in [0.2, 0.25) is 0 Å². The van der Waals surface area contributed by atoms with Gasteiger partial charge in [-0.3, -0.25) is 0 Å². The molecule has 1 atom stereocenters. The van der Waals surface area contributed by atoms with Gasteiger partial charge in [0.1, 0.15) is 11.0 Å². The van der Waals surface area contributed by atoms with E-state index in [-0.39, 0.29) is 23.7 Å². The number of thiophene rings is 1. The van der Waals surface area contributed by atoms with Crippen LogP contribution in [-0.2, 0) is 11.3 Å². The summed E-state index contributed by atoms with van der Waals surface area (Å²) in [6.07, 6.45) is 0.815. The number of primary amides is 2. The molecule has 0 aliphatic carbocycles. The molecule has 29 heavy (non-hydrogen) atoms. The third kappa shape index (κ3) is 5.04. The largest absolute Gasteiger partial charge is 0.456 e. The van der Waals surface area contributed by atoms with E-state index < -0.39 is 24.1 Å². The average molecular weight is 418 g/mol. The highest BCUT2D eigenvalue weighted by Gasteiger charge is 2.27. The number of nitrogens with zero attached hydrogens (tertiary/aromatic N) is 1. The molecule has 0 saturated carbocycles. The number of urea groups is 2. The highest BCUT2D eigenvalue weighted by molar-refractivity contribution is 7.18. The van der Waals surface area contributed by atoms with Crippen molar-refractivity contribution in [1.82, 2.24) is 4.90 Å². The van der Waals surface area contributed by atoms with Crippen molar-refractivity contribution < 1.29 is 24.2 Å². The average Bonchev–Trinajstić information content (AvgIpc) is 3.11. The number of nitrogens with one attached hydrogen (secondary N) is 1. The highest BCUT2D eigenvalue weighted by atomic mass is 32.1. The van der Waals surface area contributed by atoms with Gasteiger partial charge >= 0.3 is 18.0 Å². The SMILES string of the molecule is NC(=O)Nc1cc(-c2cccc(CO)c2)sc1C(=O)OC1CCCN(C(N)=O)C1. The minimum Gasteiger partial charge on any atom is -0.456 e. The summed E-state index contributed by atoms with van der Waals surface area (Å²) in [5.74, 6) is -0.611. The predicted octanol–water partition coefficient (Wildman–Crippen LogP) is 2.10. The first-order valence-electron chi connectivity index (χ1n) is 9.03. The minimum atomic E-state index is -0.801. The number of nitrogens with two attached hydrogens (primary N) is 2. The molecule has 1 aromatic heterocycles. The van der Waals surface area contributed by atoms with E-state index in [1.807, 2.05) is 6.07 Å². The summed E-state index contributed by atoms with van der Waals surface area (Å²) >= 11 is 1.15. The Morgan fingerprint density at radius 2 is 2.07 bits per heavy atom. The summed E-state index contributed by atoms with van der Waals surface area (Å²) in [6.45, 7) is 0.650. The van der Waals surface area contributed by atoms with E-state index >= 15 is 0 Å². The first-order chi connectivity index (χ1) is 13.9. The van der Waals surface area contributed by atoms with Crippen molar-refractivity contribution in [2.75, 3.05) is 18.4 Å². The number of anilines is 1.